The molecule has 0 bridgehead atoms. The van der Waals surface area contributed by atoms with Crippen molar-refractivity contribution in [2.75, 3.05) is 36.1 Å². The quantitative estimate of drug-likeness (QED) is 0.576. The van der Waals surface area contributed by atoms with E-state index in [1.165, 1.54) is 24.9 Å². The van der Waals surface area contributed by atoms with E-state index in [1.54, 1.807) is 17.8 Å². The van der Waals surface area contributed by atoms with E-state index in [9.17, 15) is 9.59 Å². The maximum absolute atomic E-state index is 12.0. The molecule has 0 atom stereocenters. The van der Waals surface area contributed by atoms with Crippen molar-refractivity contribution in [1.29, 1.82) is 0 Å². The molecule has 0 unspecified atom stereocenters. The highest BCUT2D eigenvalue weighted by Crippen LogP contribution is 2.20. The normalized spacial score (nSPS) is 13.8. The van der Waals surface area contributed by atoms with Gasteiger partial charge in [0.15, 0.2) is 0 Å². The summed E-state index contributed by atoms with van der Waals surface area (Å²) in [7, 11) is 0. The number of thioether (sulfide) groups is 1. The second-order valence-corrected chi connectivity index (χ2v) is 7.79. The number of benzene rings is 2. The van der Waals surface area contributed by atoms with Crippen molar-refractivity contribution in [2.45, 2.75) is 30.6 Å². The van der Waals surface area contributed by atoms with E-state index < -0.39 is 11.8 Å². The highest BCUT2D eigenvalue weighted by molar-refractivity contribution is 7.98. The summed E-state index contributed by atoms with van der Waals surface area (Å²) in [5.41, 5.74) is 3.04. The van der Waals surface area contributed by atoms with E-state index in [4.69, 9.17) is 0 Å². The first-order chi connectivity index (χ1) is 13.7. The third kappa shape index (κ3) is 5.76. The highest BCUT2D eigenvalue weighted by atomic mass is 32.2. The molecule has 2 aromatic rings. The Bertz CT molecular complexity index is 802. The molecule has 1 saturated heterocycles. The molecule has 2 aromatic carbocycles. The summed E-state index contributed by atoms with van der Waals surface area (Å²) in [4.78, 5) is 27.5. The third-order valence-electron chi connectivity index (χ3n) is 4.89. The van der Waals surface area contributed by atoms with E-state index in [2.05, 4.69) is 39.8 Å². The molecule has 2 N–H and O–H groups in total. The number of nitrogens with one attached hydrogen (secondary N) is 2. The Morgan fingerprint density at radius 3 is 2.46 bits per heavy atom. The zero-order valence-corrected chi connectivity index (χ0v) is 17.1. The van der Waals surface area contributed by atoms with Crippen LogP contribution in [0.3, 0.4) is 0 Å². The molecular weight excluding hydrogens is 370 g/mol. The number of hydrogen-bond acceptors (Lipinski definition) is 4. The molecular formula is C22H27N3O2S. The van der Waals surface area contributed by atoms with Crippen LogP contribution in [0.1, 0.15) is 24.8 Å². The molecule has 5 nitrogen and oxygen atoms in total. The van der Waals surface area contributed by atoms with Gasteiger partial charge in [-0.3, -0.25) is 9.59 Å². The fourth-order valence-corrected chi connectivity index (χ4v) is 3.77. The van der Waals surface area contributed by atoms with Gasteiger partial charge in [-0.25, -0.2) is 0 Å². The smallest absolute Gasteiger partial charge is 0.313 e. The van der Waals surface area contributed by atoms with Crippen molar-refractivity contribution in [1.82, 2.24) is 5.32 Å². The van der Waals surface area contributed by atoms with Crippen LogP contribution in [0.15, 0.2) is 53.4 Å². The average molecular weight is 398 g/mol. The number of hydrogen-bond donors (Lipinski definition) is 2. The van der Waals surface area contributed by atoms with Crippen molar-refractivity contribution in [2.24, 2.45) is 0 Å². The summed E-state index contributed by atoms with van der Waals surface area (Å²) >= 11 is 1.58. The van der Waals surface area contributed by atoms with Gasteiger partial charge in [0.2, 0.25) is 0 Å². The topological polar surface area (TPSA) is 61.4 Å². The fraction of sp³-hybridized carbons (Fsp3) is 0.364. The molecule has 1 aliphatic heterocycles. The molecule has 6 heteroatoms. The van der Waals surface area contributed by atoms with Crippen molar-refractivity contribution < 1.29 is 9.59 Å². The molecule has 2 amide bonds. The van der Waals surface area contributed by atoms with Crippen LogP contribution < -0.4 is 15.5 Å². The van der Waals surface area contributed by atoms with Crippen LogP contribution >= 0.6 is 11.8 Å². The molecule has 148 valence electrons. The van der Waals surface area contributed by atoms with Crippen LogP contribution in [-0.2, 0) is 16.0 Å². The first-order valence-electron chi connectivity index (χ1n) is 9.73. The number of anilines is 2. The van der Waals surface area contributed by atoms with E-state index >= 15 is 0 Å². The summed E-state index contributed by atoms with van der Waals surface area (Å²) in [6.07, 6.45) is 6.51. The van der Waals surface area contributed by atoms with Crippen molar-refractivity contribution in [3.8, 4) is 0 Å². The zero-order valence-electron chi connectivity index (χ0n) is 16.2. The van der Waals surface area contributed by atoms with Gasteiger partial charge in [-0.05, 0) is 67.8 Å². The minimum Gasteiger partial charge on any atom is -0.372 e. The lowest BCUT2D eigenvalue weighted by Gasteiger charge is -2.28. The lowest BCUT2D eigenvalue weighted by Crippen LogP contribution is -2.36. The summed E-state index contributed by atoms with van der Waals surface area (Å²) in [6, 6.07) is 15.9. The van der Waals surface area contributed by atoms with E-state index in [1.807, 2.05) is 24.5 Å². The molecule has 0 spiro atoms. The van der Waals surface area contributed by atoms with Crippen LogP contribution in [0.4, 0.5) is 11.4 Å². The minimum atomic E-state index is -0.640. The number of carbonyl (C=O) groups excluding carboxylic acids is 2. The molecule has 1 heterocycles. The number of nitrogens with zero attached hydrogens (tertiary/aromatic N) is 1. The number of carbonyl (C=O) groups is 2. The summed E-state index contributed by atoms with van der Waals surface area (Å²) in [5, 5.41) is 5.33. The SMILES string of the molecule is CSc1cccc(NC(=O)C(=O)NCCc2ccc(N3CCCCC3)cc2)c1. The monoisotopic (exact) mass is 397 g/mol. The molecule has 0 radical (unpaired) electrons. The molecule has 3 rings (SSSR count). The predicted octanol–water partition coefficient (Wildman–Crippen LogP) is 3.70. The zero-order chi connectivity index (χ0) is 19.8. The van der Waals surface area contributed by atoms with Gasteiger partial charge in [0, 0.05) is 35.9 Å². The minimum absolute atomic E-state index is 0.431. The van der Waals surface area contributed by atoms with Gasteiger partial charge in [-0.2, -0.15) is 0 Å². The lowest BCUT2D eigenvalue weighted by atomic mass is 10.1. The number of amides is 2. The Hall–Kier alpha value is -2.47. The first kappa shape index (κ1) is 20.3. The molecule has 0 saturated carbocycles. The Morgan fingerprint density at radius 2 is 1.75 bits per heavy atom. The highest BCUT2D eigenvalue weighted by Gasteiger charge is 2.14. The predicted molar refractivity (Wildman–Crippen MR) is 116 cm³/mol. The van der Waals surface area contributed by atoms with Gasteiger partial charge in [0.25, 0.3) is 0 Å². The maximum Gasteiger partial charge on any atom is 0.313 e. The van der Waals surface area contributed by atoms with Crippen LogP contribution in [-0.4, -0.2) is 37.7 Å². The van der Waals surface area contributed by atoms with Crippen LogP contribution in [0.2, 0.25) is 0 Å². The van der Waals surface area contributed by atoms with Crippen LogP contribution in [0, 0.1) is 0 Å². The largest absolute Gasteiger partial charge is 0.372 e. The Balaban J connectivity index is 1.43. The Kier molecular flexibility index (Phi) is 7.37. The average Bonchev–Trinajstić information content (AvgIpc) is 2.75. The van der Waals surface area contributed by atoms with Gasteiger partial charge >= 0.3 is 11.8 Å². The second-order valence-electron chi connectivity index (χ2n) is 6.91. The van der Waals surface area contributed by atoms with Crippen LogP contribution in [0.25, 0.3) is 0 Å². The summed E-state index contributed by atoms with van der Waals surface area (Å²) in [6.45, 7) is 2.69. The van der Waals surface area contributed by atoms with Crippen LogP contribution in [0.5, 0.6) is 0 Å². The molecule has 1 aliphatic rings. The molecule has 28 heavy (non-hydrogen) atoms. The van der Waals surface area contributed by atoms with Gasteiger partial charge in [0.1, 0.15) is 0 Å². The standard InChI is InChI=1S/C22H27N3O2S/c1-28-20-7-5-6-18(16-20)24-22(27)21(26)23-13-12-17-8-10-19(11-9-17)25-14-3-2-4-15-25/h5-11,16H,2-4,12-15H2,1H3,(H,23,26)(H,24,27). The maximum atomic E-state index is 12.0. The van der Waals surface area contributed by atoms with Crippen molar-refractivity contribution in [3.63, 3.8) is 0 Å². The van der Waals surface area contributed by atoms with E-state index in [0.29, 0.717) is 18.7 Å². The fourth-order valence-electron chi connectivity index (χ4n) is 3.31. The number of piperidine rings is 1. The Labute approximate surface area is 170 Å². The van der Waals surface area contributed by atoms with Gasteiger partial charge in [0.05, 0.1) is 0 Å². The molecule has 1 fully saturated rings. The number of rotatable bonds is 6. The Morgan fingerprint density at radius 1 is 1.00 bits per heavy atom. The van der Waals surface area contributed by atoms with Gasteiger partial charge in [-0.1, -0.05) is 18.2 Å². The summed E-state index contributed by atoms with van der Waals surface area (Å²) < 4.78 is 0. The third-order valence-corrected chi connectivity index (χ3v) is 5.62. The summed E-state index contributed by atoms with van der Waals surface area (Å²) in [5.74, 6) is -1.25. The molecule has 0 aromatic heterocycles. The molecule has 0 aliphatic carbocycles. The first-order valence-corrected chi connectivity index (χ1v) is 11.0. The van der Waals surface area contributed by atoms with E-state index in [-0.39, 0.29) is 0 Å². The van der Waals surface area contributed by atoms with Gasteiger partial charge in [-0.15, -0.1) is 11.8 Å². The van der Waals surface area contributed by atoms with Gasteiger partial charge < -0.3 is 15.5 Å². The van der Waals surface area contributed by atoms with E-state index in [0.717, 1.165) is 23.5 Å². The second kappa shape index (κ2) is 10.2. The van der Waals surface area contributed by atoms with Crippen molar-refractivity contribution in [3.05, 3.63) is 54.1 Å². The van der Waals surface area contributed by atoms with Crippen molar-refractivity contribution >= 4 is 35.0 Å². The lowest BCUT2D eigenvalue weighted by molar-refractivity contribution is -0.136.